The highest BCUT2D eigenvalue weighted by atomic mass is 32.1. The summed E-state index contributed by atoms with van der Waals surface area (Å²) in [6.07, 6.45) is 3.18. The molecule has 1 amide bonds. The molecular weight excluding hydrogens is 392 g/mol. The Bertz CT molecular complexity index is 1180. The molecule has 0 saturated carbocycles. The molecule has 30 heavy (non-hydrogen) atoms. The maximum absolute atomic E-state index is 11.5. The summed E-state index contributed by atoms with van der Waals surface area (Å²) in [4.78, 5) is 23.9. The van der Waals surface area contributed by atoms with Gasteiger partial charge in [0.15, 0.2) is 0 Å². The van der Waals surface area contributed by atoms with Crippen molar-refractivity contribution < 1.29 is 4.79 Å². The summed E-state index contributed by atoms with van der Waals surface area (Å²) in [7, 11) is 0. The lowest BCUT2D eigenvalue weighted by Gasteiger charge is -2.31. The van der Waals surface area contributed by atoms with E-state index >= 15 is 0 Å². The van der Waals surface area contributed by atoms with Gasteiger partial charge in [-0.15, -0.1) is 11.3 Å². The Morgan fingerprint density at radius 1 is 0.933 bits per heavy atom. The number of piperidine rings is 1. The maximum Gasteiger partial charge on any atom is 0.220 e. The number of benzene rings is 2. The van der Waals surface area contributed by atoms with Crippen LogP contribution in [-0.4, -0.2) is 29.0 Å². The fourth-order valence-electron chi connectivity index (χ4n) is 4.16. The van der Waals surface area contributed by atoms with E-state index in [1.54, 1.807) is 17.7 Å². The van der Waals surface area contributed by atoms with E-state index in [0.717, 1.165) is 53.1 Å². The molecule has 0 aliphatic carbocycles. The molecule has 0 atom stereocenters. The Kier molecular flexibility index (Phi) is 4.93. The number of carbonyl (C=O) groups excluding carboxylic acids is 1. The Hall–Kier alpha value is -3.25. The molecular formula is C24H22N4OS. The van der Waals surface area contributed by atoms with Crippen molar-refractivity contribution in [3.05, 3.63) is 66.3 Å². The highest BCUT2D eigenvalue weighted by molar-refractivity contribution is 7.17. The third-order valence-electron chi connectivity index (χ3n) is 5.85. The summed E-state index contributed by atoms with van der Waals surface area (Å²) in [5, 5.41) is 3.25. The fraction of sp³-hybridized carbons (Fsp3) is 0.208. The summed E-state index contributed by atoms with van der Waals surface area (Å²) >= 11 is 1.64. The topological polar surface area (TPSA) is 72.1 Å². The molecule has 2 aromatic carbocycles. The summed E-state index contributed by atoms with van der Waals surface area (Å²) in [6, 6.07) is 19.0. The lowest BCUT2D eigenvalue weighted by atomic mass is 9.96. The van der Waals surface area contributed by atoms with Crippen LogP contribution >= 0.6 is 11.3 Å². The molecule has 150 valence electrons. The lowest BCUT2D eigenvalue weighted by molar-refractivity contribution is -0.122. The minimum atomic E-state index is -0.197. The van der Waals surface area contributed by atoms with Crippen molar-refractivity contribution in [3.63, 3.8) is 0 Å². The number of nitrogens with two attached hydrogens (primary N) is 1. The van der Waals surface area contributed by atoms with Crippen molar-refractivity contribution in [1.82, 2.24) is 9.97 Å². The Labute approximate surface area is 179 Å². The lowest BCUT2D eigenvalue weighted by Crippen LogP contribution is -2.39. The number of fused-ring (bicyclic) bond motifs is 1. The van der Waals surface area contributed by atoms with Crippen LogP contribution in [0.25, 0.3) is 32.5 Å². The second-order valence-corrected chi connectivity index (χ2v) is 8.49. The molecule has 1 aliphatic rings. The highest BCUT2D eigenvalue weighted by Crippen LogP contribution is 2.39. The summed E-state index contributed by atoms with van der Waals surface area (Å²) in [6.45, 7) is 1.56. The molecule has 3 heterocycles. The van der Waals surface area contributed by atoms with Gasteiger partial charge in [-0.2, -0.15) is 0 Å². The molecule has 0 spiro atoms. The van der Waals surface area contributed by atoms with Gasteiger partial charge in [0.2, 0.25) is 5.91 Å². The van der Waals surface area contributed by atoms with E-state index in [4.69, 9.17) is 5.73 Å². The molecule has 0 unspecified atom stereocenters. The number of hydrogen-bond donors (Lipinski definition) is 1. The quantitative estimate of drug-likeness (QED) is 0.524. The van der Waals surface area contributed by atoms with Gasteiger partial charge in [-0.25, -0.2) is 9.97 Å². The molecule has 1 fully saturated rings. The third-order valence-corrected chi connectivity index (χ3v) is 6.74. The van der Waals surface area contributed by atoms with E-state index in [2.05, 4.69) is 68.8 Å². The van der Waals surface area contributed by atoms with Crippen LogP contribution in [0.2, 0.25) is 0 Å². The second kappa shape index (κ2) is 7.88. The molecule has 4 aromatic rings. The molecule has 1 saturated heterocycles. The van der Waals surface area contributed by atoms with E-state index in [9.17, 15) is 4.79 Å². The van der Waals surface area contributed by atoms with Gasteiger partial charge in [0.25, 0.3) is 0 Å². The number of nitrogens with zero attached hydrogens (tertiary/aromatic N) is 3. The van der Waals surface area contributed by atoms with E-state index in [1.807, 2.05) is 6.07 Å². The van der Waals surface area contributed by atoms with Crippen molar-refractivity contribution >= 4 is 33.3 Å². The average Bonchev–Trinajstić information content (AvgIpc) is 3.24. The highest BCUT2D eigenvalue weighted by Gasteiger charge is 2.26. The summed E-state index contributed by atoms with van der Waals surface area (Å²) in [5.74, 6) is 0.717. The maximum atomic E-state index is 11.5. The first-order chi connectivity index (χ1) is 14.7. The average molecular weight is 415 g/mol. The summed E-state index contributed by atoms with van der Waals surface area (Å²) < 4.78 is 0. The number of hydrogen-bond acceptors (Lipinski definition) is 5. The normalized spacial score (nSPS) is 14.9. The first-order valence-corrected chi connectivity index (χ1v) is 11.0. The van der Waals surface area contributed by atoms with Gasteiger partial charge >= 0.3 is 0 Å². The molecule has 5 nitrogen and oxygen atoms in total. The minimum absolute atomic E-state index is 0.0361. The van der Waals surface area contributed by atoms with Gasteiger partial charge in [0, 0.05) is 30.0 Å². The van der Waals surface area contributed by atoms with Gasteiger partial charge < -0.3 is 10.6 Å². The van der Waals surface area contributed by atoms with Crippen molar-refractivity contribution in [3.8, 4) is 22.3 Å². The number of primary amides is 1. The van der Waals surface area contributed by atoms with E-state index in [-0.39, 0.29) is 11.8 Å². The van der Waals surface area contributed by atoms with Gasteiger partial charge in [-0.05, 0) is 29.5 Å². The predicted molar refractivity (Wildman–Crippen MR) is 122 cm³/mol. The standard InChI is InChI=1S/C24H22N4OS/c25-22(29)19-10-12-28(13-11-19)23-21-20(14-30-24(21)27-15-26-23)18-8-6-17(7-9-18)16-4-2-1-3-5-16/h1-9,14-15,19H,10-13H2,(H2,25,29). The molecule has 6 heteroatoms. The number of aromatic nitrogens is 2. The number of rotatable bonds is 4. The van der Waals surface area contributed by atoms with Crippen LogP contribution in [0.4, 0.5) is 5.82 Å². The van der Waals surface area contributed by atoms with Crippen molar-refractivity contribution in [2.75, 3.05) is 18.0 Å². The Balaban J connectivity index is 1.50. The van der Waals surface area contributed by atoms with Crippen LogP contribution in [-0.2, 0) is 4.79 Å². The Morgan fingerprint density at radius 3 is 2.30 bits per heavy atom. The minimum Gasteiger partial charge on any atom is -0.369 e. The SMILES string of the molecule is NC(=O)C1CCN(c2ncnc3scc(-c4ccc(-c5ccccc5)cc4)c23)CC1. The number of anilines is 1. The molecule has 5 rings (SSSR count). The van der Waals surface area contributed by atoms with Crippen molar-refractivity contribution in [2.45, 2.75) is 12.8 Å². The molecule has 2 N–H and O–H groups in total. The van der Waals surface area contributed by atoms with Gasteiger partial charge in [0.1, 0.15) is 17.0 Å². The van der Waals surface area contributed by atoms with Gasteiger partial charge in [0.05, 0.1) is 5.39 Å². The van der Waals surface area contributed by atoms with Gasteiger partial charge in [-0.1, -0.05) is 54.6 Å². The van der Waals surface area contributed by atoms with Crippen LogP contribution in [0, 0.1) is 5.92 Å². The zero-order chi connectivity index (χ0) is 20.5. The van der Waals surface area contributed by atoms with Crippen LogP contribution in [0.1, 0.15) is 12.8 Å². The first-order valence-electron chi connectivity index (χ1n) is 10.1. The monoisotopic (exact) mass is 414 g/mol. The van der Waals surface area contributed by atoms with E-state index in [1.165, 1.54) is 11.1 Å². The summed E-state index contributed by atoms with van der Waals surface area (Å²) in [5.41, 5.74) is 10.2. The zero-order valence-corrected chi connectivity index (χ0v) is 17.3. The van der Waals surface area contributed by atoms with Crippen LogP contribution in [0.15, 0.2) is 66.3 Å². The fourth-order valence-corrected chi connectivity index (χ4v) is 5.07. The second-order valence-electron chi connectivity index (χ2n) is 7.63. The van der Waals surface area contributed by atoms with Crippen molar-refractivity contribution in [2.24, 2.45) is 11.7 Å². The number of amides is 1. The Morgan fingerprint density at radius 2 is 1.60 bits per heavy atom. The molecule has 0 radical (unpaired) electrons. The first kappa shape index (κ1) is 18.8. The predicted octanol–water partition coefficient (Wildman–Crippen LogP) is 4.73. The largest absolute Gasteiger partial charge is 0.369 e. The van der Waals surface area contributed by atoms with E-state index in [0.29, 0.717) is 0 Å². The van der Waals surface area contributed by atoms with Crippen LogP contribution < -0.4 is 10.6 Å². The van der Waals surface area contributed by atoms with Crippen LogP contribution in [0.5, 0.6) is 0 Å². The number of carbonyl (C=O) groups is 1. The van der Waals surface area contributed by atoms with Crippen molar-refractivity contribution in [1.29, 1.82) is 0 Å². The van der Waals surface area contributed by atoms with E-state index < -0.39 is 0 Å². The molecule has 0 bridgehead atoms. The molecule has 2 aromatic heterocycles. The van der Waals surface area contributed by atoms with Gasteiger partial charge in [-0.3, -0.25) is 4.79 Å². The zero-order valence-electron chi connectivity index (χ0n) is 16.5. The number of thiophene rings is 1. The van der Waals surface area contributed by atoms with Crippen LogP contribution in [0.3, 0.4) is 0 Å². The smallest absolute Gasteiger partial charge is 0.220 e. The third kappa shape index (κ3) is 3.44. The molecule has 1 aliphatic heterocycles.